The van der Waals surface area contributed by atoms with Crippen molar-refractivity contribution < 1.29 is 19.4 Å². The van der Waals surface area contributed by atoms with E-state index in [4.69, 9.17) is 4.74 Å². The van der Waals surface area contributed by atoms with Crippen LogP contribution in [0.1, 0.15) is 21.6 Å². The van der Waals surface area contributed by atoms with Gasteiger partial charge in [0.25, 0.3) is 0 Å². The molecule has 2 aromatic rings. The summed E-state index contributed by atoms with van der Waals surface area (Å²) in [5.74, 6) is -0.536. The molecule has 0 spiro atoms. The lowest BCUT2D eigenvalue weighted by Gasteiger charge is -2.29. The second kappa shape index (κ2) is 8.44. The molecule has 1 fully saturated rings. The summed E-state index contributed by atoms with van der Waals surface area (Å²) in [6.07, 6.45) is 0.833. The second-order valence-electron chi connectivity index (χ2n) is 7.03. The van der Waals surface area contributed by atoms with Crippen LogP contribution in [-0.2, 0) is 22.5 Å². The Morgan fingerprint density at radius 1 is 1.10 bits per heavy atom. The molecule has 1 amide bonds. The van der Waals surface area contributed by atoms with Crippen LogP contribution in [0.3, 0.4) is 0 Å². The number of carbonyl (C=O) groups is 2. The first-order valence-corrected chi connectivity index (χ1v) is 9.63. The summed E-state index contributed by atoms with van der Waals surface area (Å²) >= 11 is 0. The quantitative estimate of drug-likeness (QED) is 0.770. The highest BCUT2D eigenvalue weighted by Gasteiger charge is 2.21. The highest BCUT2D eigenvalue weighted by atomic mass is 16.5. The van der Waals surface area contributed by atoms with E-state index in [1.165, 1.54) is 11.6 Å². The van der Waals surface area contributed by atoms with E-state index in [0.29, 0.717) is 51.2 Å². The number of anilines is 2. The molecule has 2 N–H and O–H groups in total. The third-order valence-electron chi connectivity index (χ3n) is 5.13. The van der Waals surface area contributed by atoms with E-state index in [1.807, 2.05) is 23.1 Å². The van der Waals surface area contributed by atoms with Crippen molar-refractivity contribution >= 4 is 23.6 Å². The lowest BCUT2D eigenvalue weighted by atomic mass is 10.00. The number of rotatable bonds is 5. The zero-order valence-corrected chi connectivity index (χ0v) is 16.0. The largest absolute Gasteiger partial charge is 0.477 e. The Labute approximate surface area is 168 Å². The van der Waals surface area contributed by atoms with Crippen LogP contribution >= 0.6 is 0 Å². The van der Waals surface area contributed by atoms with Crippen LogP contribution < -0.4 is 10.2 Å². The number of benzene rings is 1. The van der Waals surface area contributed by atoms with E-state index in [1.54, 1.807) is 4.90 Å². The number of ether oxygens (including phenoxy) is 1. The highest BCUT2D eigenvalue weighted by Crippen LogP contribution is 2.19. The third-order valence-corrected chi connectivity index (χ3v) is 5.13. The lowest BCUT2D eigenvalue weighted by Crippen LogP contribution is -2.39. The fourth-order valence-corrected chi connectivity index (χ4v) is 3.53. The number of hydrogen-bond donors (Lipinski definition) is 2. The van der Waals surface area contributed by atoms with Gasteiger partial charge in [-0.25, -0.2) is 9.78 Å². The van der Waals surface area contributed by atoms with Crippen molar-refractivity contribution in [1.82, 2.24) is 14.9 Å². The van der Waals surface area contributed by atoms with Gasteiger partial charge in [-0.1, -0.05) is 24.3 Å². The number of nitrogens with one attached hydrogen (secondary N) is 1. The molecule has 3 heterocycles. The summed E-state index contributed by atoms with van der Waals surface area (Å²) in [4.78, 5) is 36.3. The number of aromatic nitrogens is 2. The van der Waals surface area contributed by atoms with Crippen LogP contribution in [-0.4, -0.2) is 71.2 Å². The molecule has 152 valence electrons. The first kappa shape index (κ1) is 19.1. The third kappa shape index (κ3) is 4.45. The predicted molar refractivity (Wildman–Crippen MR) is 106 cm³/mol. The van der Waals surface area contributed by atoms with E-state index in [2.05, 4.69) is 21.4 Å². The van der Waals surface area contributed by atoms with Gasteiger partial charge in [0.15, 0.2) is 5.69 Å². The zero-order chi connectivity index (χ0) is 20.2. The molecule has 0 bridgehead atoms. The number of nitrogens with zero attached hydrogens (tertiary/aromatic N) is 4. The summed E-state index contributed by atoms with van der Waals surface area (Å²) < 4.78 is 5.32. The van der Waals surface area contributed by atoms with Crippen molar-refractivity contribution in [2.24, 2.45) is 0 Å². The minimum atomic E-state index is -1.14. The number of carboxylic acids is 1. The molecular weight excluding hydrogens is 374 g/mol. The molecule has 4 rings (SSSR count). The van der Waals surface area contributed by atoms with Gasteiger partial charge in [-0.2, -0.15) is 4.98 Å². The Morgan fingerprint density at radius 2 is 1.86 bits per heavy atom. The Hall–Kier alpha value is -3.20. The molecular formula is C20H23N5O4. The normalized spacial score (nSPS) is 16.3. The Bertz CT molecular complexity index is 913. The average molecular weight is 397 g/mol. The van der Waals surface area contributed by atoms with Crippen molar-refractivity contribution in [3.8, 4) is 0 Å². The average Bonchev–Trinajstić information content (AvgIpc) is 2.77. The van der Waals surface area contributed by atoms with Crippen LogP contribution in [0, 0.1) is 0 Å². The van der Waals surface area contributed by atoms with Gasteiger partial charge in [0.05, 0.1) is 19.8 Å². The molecule has 0 saturated carbocycles. The number of carbonyl (C=O) groups excluding carboxylic acids is 1. The van der Waals surface area contributed by atoms with Crippen LogP contribution in [0.5, 0.6) is 0 Å². The highest BCUT2D eigenvalue weighted by molar-refractivity contribution is 5.87. The van der Waals surface area contributed by atoms with Crippen LogP contribution in [0.4, 0.5) is 11.8 Å². The number of fused-ring (bicyclic) bond motifs is 1. The maximum atomic E-state index is 12.7. The molecule has 1 aromatic heterocycles. The number of aromatic carboxylic acids is 1. The number of hydrogen-bond acceptors (Lipinski definition) is 7. The van der Waals surface area contributed by atoms with E-state index >= 15 is 0 Å². The molecule has 2 aliphatic heterocycles. The van der Waals surface area contributed by atoms with E-state index in [9.17, 15) is 14.7 Å². The van der Waals surface area contributed by atoms with Gasteiger partial charge >= 0.3 is 5.97 Å². The van der Waals surface area contributed by atoms with Gasteiger partial charge in [0.1, 0.15) is 5.82 Å². The van der Waals surface area contributed by atoms with Gasteiger partial charge in [-0.3, -0.25) is 4.79 Å². The Kier molecular flexibility index (Phi) is 5.57. The number of morpholine rings is 1. The standard InChI is InChI=1S/C20H23N5O4/c26-18(25-6-5-14-3-1-2-4-15(14)13-25)12-21-17-11-16(19(27)28)22-20(23-17)24-7-9-29-10-8-24/h1-4,11H,5-10,12-13H2,(H,27,28)(H,21,22,23). The minimum absolute atomic E-state index is 0.0425. The van der Waals surface area contributed by atoms with Crippen LogP contribution in [0.25, 0.3) is 0 Å². The number of amides is 1. The van der Waals surface area contributed by atoms with Crippen molar-refractivity contribution in [2.75, 3.05) is 49.6 Å². The topological polar surface area (TPSA) is 108 Å². The molecule has 1 aromatic carbocycles. The van der Waals surface area contributed by atoms with Gasteiger partial charge in [0, 0.05) is 32.2 Å². The minimum Gasteiger partial charge on any atom is -0.477 e. The molecule has 0 unspecified atom stereocenters. The van der Waals surface area contributed by atoms with E-state index in [0.717, 1.165) is 12.0 Å². The monoisotopic (exact) mass is 397 g/mol. The van der Waals surface area contributed by atoms with Crippen molar-refractivity contribution in [3.63, 3.8) is 0 Å². The summed E-state index contributed by atoms with van der Waals surface area (Å²) in [5, 5.41) is 12.3. The first-order chi connectivity index (χ1) is 14.1. The predicted octanol–water partition coefficient (Wildman–Crippen LogP) is 1.01. The molecule has 0 aliphatic carbocycles. The summed E-state index contributed by atoms with van der Waals surface area (Å²) in [6.45, 7) is 3.56. The van der Waals surface area contributed by atoms with Crippen molar-refractivity contribution in [1.29, 1.82) is 0 Å². The summed E-state index contributed by atoms with van der Waals surface area (Å²) in [6, 6.07) is 9.48. The smallest absolute Gasteiger partial charge is 0.354 e. The Balaban J connectivity index is 1.44. The van der Waals surface area contributed by atoms with Gasteiger partial charge in [-0.15, -0.1) is 0 Å². The molecule has 1 saturated heterocycles. The maximum absolute atomic E-state index is 12.7. The Morgan fingerprint density at radius 3 is 2.62 bits per heavy atom. The summed E-state index contributed by atoms with van der Waals surface area (Å²) in [5.41, 5.74) is 2.34. The van der Waals surface area contributed by atoms with Gasteiger partial charge < -0.3 is 25.0 Å². The van der Waals surface area contributed by atoms with Crippen LogP contribution in [0.2, 0.25) is 0 Å². The van der Waals surface area contributed by atoms with E-state index < -0.39 is 5.97 Å². The van der Waals surface area contributed by atoms with Gasteiger partial charge in [-0.05, 0) is 17.5 Å². The SMILES string of the molecule is O=C(O)c1cc(NCC(=O)N2CCc3ccccc3C2)nc(N2CCOCC2)n1. The van der Waals surface area contributed by atoms with Gasteiger partial charge in [0.2, 0.25) is 11.9 Å². The molecule has 29 heavy (non-hydrogen) atoms. The van der Waals surface area contributed by atoms with E-state index in [-0.39, 0.29) is 18.1 Å². The second-order valence-corrected chi connectivity index (χ2v) is 7.03. The number of carboxylic acid groups (broad SMARTS) is 1. The van der Waals surface area contributed by atoms with Crippen molar-refractivity contribution in [2.45, 2.75) is 13.0 Å². The fraction of sp³-hybridized carbons (Fsp3) is 0.400. The molecule has 0 atom stereocenters. The lowest BCUT2D eigenvalue weighted by molar-refractivity contribution is -0.130. The molecule has 9 nitrogen and oxygen atoms in total. The van der Waals surface area contributed by atoms with Crippen molar-refractivity contribution in [3.05, 3.63) is 47.2 Å². The summed E-state index contributed by atoms with van der Waals surface area (Å²) in [7, 11) is 0. The maximum Gasteiger partial charge on any atom is 0.354 e. The zero-order valence-electron chi connectivity index (χ0n) is 16.0. The first-order valence-electron chi connectivity index (χ1n) is 9.63. The molecule has 9 heteroatoms. The fourth-order valence-electron chi connectivity index (χ4n) is 3.53. The molecule has 2 aliphatic rings. The van der Waals surface area contributed by atoms with Crippen LogP contribution in [0.15, 0.2) is 30.3 Å². The molecule has 0 radical (unpaired) electrons.